The normalized spacial score (nSPS) is 10.2. The van der Waals surface area contributed by atoms with Crippen molar-refractivity contribution in [1.29, 1.82) is 0 Å². The molecule has 6 nitrogen and oxygen atoms in total. The molecule has 0 fully saturated rings. The first-order valence-corrected chi connectivity index (χ1v) is 4.99. The van der Waals surface area contributed by atoms with Crippen LogP contribution in [0.4, 0.5) is 0 Å². The van der Waals surface area contributed by atoms with Gasteiger partial charge in [-0.25, -0.2) is 0 Å². The Balaban J connectivity index is 2.64. The number of ether oxygens (including phenoxy) is 1. The van der Waals surface area contributed by atoms with Crippen LogP contribution in [-0.4, -0.2) is 28.4 Å². The van der Waals surface area contributed by atoms with Gasteiger partial charge in [0.1, 0.15) is 11.4 Å². The van der Waals surface area contributed by atoms with Crippen LogP contribution in [-0.2, 0) is 0 Å². The van der Waals surface area contributed by atoms with Crippen molar-refractivity contribution in [3.05, 3.63) is 29.5 Å². The van der Waals surface area contributed by atoms with Crippen LogP contribution in [0.25, 0.3) is 11.3 Å². The molecule has 0 radical (unpaired) electrons. The number of carbonyl (C=O) groups excluding carboxylic acids is 1. The minimum absolute atomic E-state index is 0.105. The van der Waals surface area contributed by atoms with Gasteiger partial charge in [-0.3, -0.25) is 4.79 Å². The lowest BCUT2D eigenvalue weighted by atomic mass is 10.1. The van der Waals surface area contributed by atoms with Gasteiger partial charge in [0.15, 0.2) is 5.69 Å². The third kappa shape index (κ3) is 1.84. The Bertz CT molecular complexity index is 562. The van der Waals surface area contributed by atoms with Crippen LogP contribution in [0.2, 0.25) is 0 Å². The topological polar surface area (TPSA) is 93.9 Å². The lowest BCUT2D eigenvalue weighted by molar-refractivity contribution is 0.0996. The lowest BCUT2D eigenvalue weighted by Crippen LogP contribution is -2.13. The molecule has 0 saturated carbocycles. The fourth-order valence-electron chi connectivity index (χ4n) is 1.70. The lowest BCUT2D eigenvalue weighted by Gasteiger charge is -2.09. The monoisotopic (exact) mass is 232 g/mol. The SMILES string of the molecule is COc1c(C)cccc1-c1n[nH]nc1C(N)=O. The molecular weight excluding hydrogens is 220 g/mol. The fraction of sp³-hybridized carbons (Fsp3) is 0.182. The molecule has 0 saturated heterocycles. The summed E-state index contributed by atoms with van der Waals surface area (Å²) in [5.41, 5.74) is 7.37. The van der Waals surface area contributed by atoms with Gasteiger partial charge >= 0.3 is 0 Å². The van der Waals surface area contributed by atoms with E-state index in [1.54, 1.807) is 13.2 Å². The first-order valence-electron chi connectivity index (χ1n) is 4.99. The van der Waals surface area contributed by atoms with Crippen molar-refractivity contribution in [1.82, 2.24) is 15.4 Å². The number of para-hydroxylation sites is 1. The van der Waals surface area contributed by atoms with E-state index in [1.807, 2.05) is 19.1 Å². The second-order valence-electron chi connectivity index (χ2n) is 3.54. The third-order valence-electron chi connectivity index (χ3n) is 2.45. The molecule has 0 aliphatic heterocycles. The summed E-state index contributed by atoms with van der Waals surface area (Å²) in [6.45, 7) is 1.91. The molecular formula is C11H12N4O2. The van der Waals surface area contributed by atoms with Gasteiger partial charge in [-0.15, -0.1) is 0 Å². The van der Waals surface area contributed by atoms with Crippen molar-refractivity contribution >= 4 is 5.91 Å². The van der Waals surface area contributed by atoms with Crippen molar-refractivity contribution in [2.45, 2.75) is 6.92 Å². The van der Waals surface area contributed by atoms with Crippen molar-refractivity contribution in [3.8, 4) is 17.0 Å². The van der Waals surface area contributed by atoms with Crippen molar-refractivity contribution in [3.63, 3.8) is 0 Å². The molecule has 0 aliphatic carbocycles. The Hall–Kier alpha value is -2.37. The van der Waals surface area contributed by atoms with E-state index in [1.165, 1.54) is 0 Å². The quantitative estimate of drug-likeness (QED) is 0.821. The Morgan fingerprint density at radius 2 is 2.18 bits per heavy atom. The molecule has 1 aromatic heterocycles. The van der Waals surface area contributed by atoms with Crippen LogP contribution in [0.1, 0.15) is 16.1 Å². The standard InChI is InChI=1S/C11H12N4O2/c1-6-4-3-5-7(10(6)17-2)8-9(11(12)16)14-15-13-8/h3-5H,1-2H3,(H2,12,16)(H,13,14,15). The summed E-state index contributed by atoms with van der Waals surface area (Å²) in [6.07, 6.45) is 0. The van der Waals surface area contributed by atoms with E-state index in [0.29, 0.717) is 17.0 Å². The highest BCUT2D eigenvalue weighted by Gasteiger charge is 2.19. The molecule has 2 aromatic rings. The average Bonchev–Trinajstić information content (AvgIpc) is 2.77. The second kappa shape index (κ2) is 4.25. The van der Waals surface area contributed by atoms with Gasteiger partial charge in [0, 0.05) is 5.56 Å². The van der Waals surface area contributed by atoms with Gasteiger partial charge in [-0.2, -0.15) is 15.4 Å². The van der Waals surface area contributed by atoms with Gasteiger partial charge in [0.05, 0.1) is 7.11 Å². The maximum Gasteiger partial charge on any atom is 0.271 e. The van der Waals surface area contributed by atoms with E-state index in [9.17, 15) is 4.79 Å². The van der Waals surface area contributed by atoms with E-state index >= 15 is 0 Å². The molecule has 0 unspecified atom stereocenters. The summed E-state index contributed by atoms with van der Waals surface area (Å²) in [5, 5.41) is 10.1. The average molecular weight is 232 g/mol. The third-order valence-corrected chi connectivity index (χ3v) is 2.45. The van der Waals surface area contributed by atoms with Gasteiger partial charge < -0.3 is 10.5 Å². The smallest absolute Gasteiger partial charge is 0.271 e. The predicted octanol–water partition coefficient (Wildman–Crippen LogP) is 0.888. The number of H-pyrrole nitrogens is 1. The predicted molar refractivity (Wildman–Crippen MR) is 61.6 cm³/mol. The molecule has 88 valence electrons. The number of nitrogens with one attached hydrogen (secondary N) is 1. The summed E-state index contributed by atoms with van der Waals surface area (Å²) in [7, 11) is 1.57. The van der Waals surface area contributed by atoms with Gasteiger partial charge in [-0.05, 0) is 18.6 Å². The van der Waals surface area contributed by atoms with E-state index in [4.69, 9.17) is 10.5 Å². The Morgan fingerprint density at radius 1 is 1.41 bits per heavy atom. The summed E-state index contributed by atoms with van der Waals surface area (Å²) < 4.78 is 5.30. The number of amides is 1. The van der Waals surface area contributed by atoms with Gasteiger partial charge in [0.25, 0.3) is 5.91 Å². The Kier molecular flexibility index (Phi) is 2.78. The number of methoxy groups -OCH3 is 1. The highest BCUT2D eigenvalue weighted by atomic mass is 16.5. The van der Waals surface area contributed by atoms with Crippen molar-refractivity contribution < 1.29 is 9.53 Å². The Labute approximate surface area is 97.8 Å². The van der Waals surface area contributed by atoms with Crippen molar-refractivity contribution in [2.24, 2.45) is 5.73 Å². The highest BCUT2D eigenvalue weighted by Crippen LogP contribution is 2.32. The number of rotatable bonds is 3. The highest BCUT2D eigenvalue weighted by molar-refractivity contribution is 5.97. The maximum atomic E-state index is 11.2. The summed E-state index contributed by atoms with van der Waals surface area (Å²) in [6, 6.07) is 5.56. The van der Waals surface area contributed by atoms with Crippen LogP contribution in [0.5, 0.6) is 5.75 Å². The number of aromatic nitrogens is 3. The summed E-state index contributed by atoms with van der Waals surface area (Å²) >= 11 is 0. The van der Waals surface area contributed by atoms with Crippen LogP contribution >= 0.6 is 0 Å². The molecule has 6 heteroatoms. The molecule has 0 spiro atoms. The van der Waals surface area contributed by atoms with Gasteiger partial charge in [0.2, 0.25) is 0 Å². The number of carbonyl (C=O) groups is 1. The van der Waals surface area contributed by atoms with E-state index in [2.05, 4.69) is 15.4 Å². The zero-order valence-corrected chi connectivity index (χ0v) is 9.52. The number of nitrogens with two attached hydrogens (primary N) is 1. The molecule has 1 amide bonds. The molecule has 0 bridgehead atoms. The first kappa shape index (κ1) is 11.1. The zero-order valence-electron chi connectivity index (χ0n) is 9.52. The molecule has 2 rings (SSSR count). The maximum absolute atomic E-state index is 11.2. The number of hydrogen-bond acceptors (Lipinski definition) is 4. The van der Waals surface area contributed by atoms with Crippen LogP contribution in [0, 0.1) is 6.92 Å². The second-order valence-corrected chi connectivity index (χ2v) is 3.54. The molecule has 1 heterocycles. The number of benzene rings is 1. The number of nitrogens with zero attached hydrogens (tertiary/aromatic N) is 2. The van der Waals surface area contributed by atoms with Crippen molar-refractivity contribution in [2.75, 3.05) is 7.11 Å². The van der Waals surface area contributed by atoms with Gasteiger partial charge in [-0.1, -0.05) is 12.1 Å². The largest absolute Gasteiger partial charge is 0.496 e. The fourth-order valence-corrected chi connectivity index (χ4v) is 1.70. The van der Waals surface area contributed by atoms with Crippen LogP contribution in [0.15, 0.2) is 18.2 Å². The van der Waals surface area contributed by atoms with E-state index in [-0.39, 0.29) is 5.69 Å². The number of aryl methyl sites for hydroxylation is 1. The molecule has 0 aliphatic rings. The Morgan fingerprint density at radius 3 is 2.82 bits per heavy atom. The molecule has 3 N–H and O–H groups in total. The zero-order chi connectivity index (χ0) is 12.4. The van der Waals surface area contributed by atoms with Crippen LogP contribution in [0.3, 0.4) is 0 Å². The molecule has 0 atom stereocenters. The number of hydrogen-bond donors (Lipinski definition) is 2. The summed E-state index contributed by atoms with van der Waals surface area (Å²) in [4.78, 5) is 11.2. The van der Waals surface area contributed by atoms with E-state index < -0.39 is 5.91 Å². The number of aromatic amines is 1. The minimum atomic E-state index is -0.627. The minimum Gasteiger partial charge on any atom is -0.496 e. The van der Waals surface area contributed by atoms with Crippen LogP contribution < -0.4 is 10.5 Å². The molecule has 17 heavy (non-hydrogen) atoms. The van der Waals surface area contributed by atoms with E-state index in [0.717, 1.165) is 5.56 Å². The number of primary amides is 1. The summed E-state index contributed by atoms with van der Waals surface area (Å²) in [5.74, 6) is 0.0289. The molecule has 1 aromatic carbocycles. The first-order chi connectivity index (χ1) is 8.15.